The van der Waals surface area contributed by atoms with Crippen LogP contribution in [0, 0.1) is 0 Å². The van der Waals surface area contributed by atoms with Crippen molar-refractivity contribution >= 4 is 11.9 Å². The Balaban J connectivity index is 2.37. The molecule has 0 bridgehead atoms. The molecule has 0 spiro atoms. The van der Waals surface area contributed by atoms with Gasteiger partial charge in [-0.05, 0) is 45.0 Å². The number of benzene rings is 1. The Hall–Kier alpha value is -2.24. The molecule has 1 aromatic rings. The first-order valence-corrected chi connectivity index (χ1v) is 6.89. The zero-order chi connectivity index (χ0) is 15.7. The minimum atomic E-state index is -0.832. The normalized spacial score (nSPS) is 11.4. The first-order chi connectivity index (χ1) is 10.1. The number of rotatable bonds is 8. The van der Waals surface area contributed by atoms with Crippen molar-refractivity contribution in [1.29, 1.82) is 0 Å². The van der Waals surface area contributed by atoms with Gasteiger partial charge in [0.15, 0.2) is 12.7 Å². The quantitative estimate of drug-likeness (QED) is 0.736. The largest absolute Gasteiger partial charge is 0.494 e. The van der Waals surface area contributed by atoms with E-state index >= 15 is 0 Å². The molecule has 1 N–H and O–H groups in total. The number of carbonyl (C=O) groups is 2. The van der Waals surface area contributed by atoms with Crippen LogP contribution < -0.4 is 14.8 Å². The number of hydrogen-bond donors (Lipinski definition) is 1. The number of amides is 1. The molecule has 0 heterocycles. The van der Waals surface area contributed by atoms with E-state index in [0.717, 1.165) is 5.75 Å². The SMILES string of the molecule is CCNC(=O)[C@@H](C)OC(=O)COc1ccc(OCC)cc1. The Morgan fingerprint density at radius 1 is 1.10 bits per heavy atom. The summed E-state index contributed by atoms with van der Waals surface area (Å²) in [6.45, 7) is 6.03. The highest BCUT2D eigenvalue weighted by atomic mass is 16.6. The summed E-state index contributed by atoms with van der Waals surface area (Å²) in [5.41, 5.74) is 0. The third-order valence-corrected chi connectivity index (χ3v) is 2.52. The zero-order valence-electron chi connectivity index (χ0n) is 12.5. The topological polar surface area (TPSA) is 73.9 Å². The molecule has 1 atom stereocenters. The second-order valence-corrected chi connectivity index (χ2v) is 4.22. The molecule has 0 radical (unpaired) electrons. The molecule has 0 aliphatic heterocycles. The van der Waals surface area contributed by atoms with Crippen LogP contribution in [0.3, 0.4) is 0 Å². The third-order valence-electron chi connectivity index (χ3n) is 2.52. The standard InChI is InChI=1S/C15H21NO5/c1-4-16-15(18)11(3)21-14(17)10-20-13-8-6-12(7-9-13)19-5-2/h6-9,11H,4-5,10H2,1-3H3,(H,16,18)/t11-/m1/s1. The lowest BCUT2D eigenvalue weighted by atomic mass is 10.3. The number of likely N-dealkylation sites (N-methyl/N-ethyl adjacent to an activating group) is 1. The second kappa shape index (κ2) is 8.84. The summed E-state index contributed by atoms with van der Waals surface area (Å²) in [7, 11) is 0. The van der Waals surface area contributed by atoms with Gasteiger partial charge in [-0.1, -0.05) is 0 Å². The summed E-state index contributed by atoms with van der Waals surface area (Å²) in [5.74, 6) is 0.341. The fourth-order valence-electron chi connectivity index (χ4n) is 1.54. The van der Waals surface area contributed by atoms with Gasteiger partial charge in [-0.2, -0.15) is 0 Å². The van der Waals surface area contributed by atoms with E-state index < -0.39 is 12.1 Å². The number of hydrogen-bond acceptors (Lipinski definition) is 5. The zero-order valence-corrected chi connectivity index (χ0v) is 12.5. The summed E-state index contributed by atoms with van der Waals surface area (Å²) in [6.07, 6.45) is -0.832. The summed E-state index contributed by atoms with van der Waals surface area (Å²) in [6, 6.07) is 6.90. The van der Waals surface area contributed by atoms with Crippen molar-refractivity contribution in [3.05, 3.63) is 24.3 Å². The molecule has 1 rings (SSSR count). The van der Waals surface area contributed by atoms with Crippen molar-refractivity contribution in [3.8, 4) is 11.5 Å². The maximum Gasteiger partial charge on any atom is 0.344 e. The minimum Gasteiger partial charge on any atom is -0.494 e. The molecule has 1 amide bonds. The van der Waals surface area contributed by atoms with Crippen molar-refractivity contribution in [2.75, 3.05) is 19.8 Å². The molecule has 0 fully saturated rings. The van der Waals surface area contributed by atoms with Crippen LogP contribution in [0.2, 0.25) is 0 Å². The highest BCUT2D eigenvalue weighted by molar-refractivity contribution is 5.83. The van der Waals surface area contributed by atoms with E-state index in [1.807, 2.05) is 6.92 Å². The van der Waals surface area contributed by atoms with Gasteiger partial charge in [0.05, 0.1) is 6.61 Å². The van der Waals surface area contributed by atoms with Crippen molar-refractivity contribution in [3.63, 3.8) is 0 Å². The molecule has 0 aromatic heterocycles. The molecule has 21 heavy (non-hydrogen) atoms. The van der Waals surface area contributed by atoms with Gasteiger partial charge in [-0.15, -0.1) is 0 Å². The van der Waals surface area contributed by atoms with Gasteiger partial charge < -0.3 is 19.5 Å². The summed E-state index contributed by atoms with van der Waals surface area (Å²) >= 11 is 0. The van der Waals surface area contributed by atoms with Crippen LogP contribution in [0.1, 0.15) is 20.8 Å². The van der Waals surface area contributed by atoms with Gasteiger partial charge >= 0.3 is 5.97 Å². The molecular formula is C15H21NO5. The maximum absolute atomic E-state index is 11.6. The van der Waals surface area contributed by atoms with Crippen molar-refractivity contribution < 1.29 is 23.8 Å². The molecule has 0 aliphatic rings. The predicted octanol–water partition coefficient (Wildman–Crippen LogP) is 1.53. The molecule has 0 saturated heterocycles. The lowest BCUT2D eigenvalue weighted by Gasteiger charge is -2.13. The molecule has 6 heteroatoms. The Morgan fingerprint density at radius 3 is 2.19 bits per heavy atom. The van der Waals surface area contributed by atoms with Crippen LogP contribution in [0.4, 0.5) is 0 Å². The monoisotopic (exact) mass is 295 g/mol. The Morgan fingerprint density at radius 2 is 1.67 bits per heavy atom. The van der Waals surface area contributed by atoms with Gasteiger partial charge in [-0.3, -0.25) is 4.79 Å². The summed E-state index contributed by atoms with van der Waals surface area (Å²) in [4.78, 5) is 23.0. The van der Waals surface area contributed by atoms with Gasteiger partial charge in [-0.25, -0.2) is 4.79 Å². The maximum atomic E-state index is 11.6. The highest BCUT2D eigenvalue weighted by Crippen LogP contribution is 2.17. The lowest BCUT2D eigenvalue weighted by Crippen LogP contribution is -2.36. The predicted molar refractivity (Wildman–Crippen MR) is 77.3 cm³/mol. The first kappa shape index (κ1) is 16.8. The first-order valence-electron chi connectivity index (χ1n) is 6.89. The van der Waals surface area contributed by atoms with Gasteiger partial charge in [0, 0.05) is 6.54 Å². The Kier molecular flexibility index (Phi) is 7.08. The van der Waals surface area contributed by atoms with Crippen LogP contribution in [0.5, 0.6) is 11.5 Å². The van der Waals surface area contributed by atoms with E-state index in [4.69, 9.17) is 14.2 Å². The van der Waals surface area contributed by atoms with Gasteiger partial charge in [0.2, 0.25) is 0 Å². The molecule has 1 aromatic carbocycles. The number of nitrogens with one attached hydrogen (secondary N) is 1. The van der Waals surface area contributed by atoms with Crippen LogP contribution in [-0.4, -0.2) is 37.7 Å². The molecule has 0 unspecified atom stereocenters. The molecule has 0 aliphatic carbocycles. The third kappa shape index (κ3) is 6.16. The van der Waals surface area contributed by atoms with Crippen molar-refractivity contribution in [2.24, 2.45) is 0 Å². The average molecular weight is 295 g/mol. The summed E-state index contributed by atoms with van der Waals surface area (Å²) < 4.78 is 15.5. The number of carbonyl (C=O) groups excluding carboxylic acids is 2. The highest BCUT2D eigenvalue weighted by Gasteiger charge is 2.17. The van der Waals surface area contributed by atoms with E-state index in [1.165, 1.54) is 6.92 Å². The lowest BCUT2D eigenvalue weighted by molar-refractivity contribution is -0.156. The van der Waals surface area contributed by atoms with Crippen molar-refractivity contribution in [2.45, 2.75) is 26.9 Å². The molecule has 116 valence electrons. The van der Waals surface area contributed by atoms with Gasteiger partial charge in [0.1, 0.15) is 11.5 Å². The van der Waals surface area contributed by atoms with Crippen molar-refractivity contribution in [1.82, 2.24) is 5.32 Å². The fraction of sp³-hybridized carbons (Fsp3) is 0.467. The number of esters is 1. The van der Waals surface area contributed by atoms with E-state index in [9.17, 15) is 9.59 Å². The number of ether oxygens (including phenoxy) is 3. The molecule has 6 nitrogen and oxygen atoms in total. The van der Waals surface area contributed by atoms with Gasteiger partial charge in [0.25, 0.3) is 5.91 Å². The smallest absolute Gasteiger partial charge is 0.344 e. The summed E-state index contributed by atoms with van der Waals surface area (Å²) in [5, 5.41) is 2.57. The van der Waals surface area contributed by atoms with Crippen LogP contribution in [-0.2, 0) is 14.3 Å². The van der Waals surface area contributed by atoms with E-state index in [2.05, 4.69) is 5.32 Å². The van der Waals surface area contributed by atoms with Crippen LogP contribution in [0.25, 0.3) is 0 Å². The van der Waals surface area contributed by atoms with Crippen LogP contribution >= 0.6 is 0 Å². The van der Waals surface area contributed by atoms with Crippen LogP contribution in [0.15, 0.2) is 24.3 Å². The second-order valence-electron chi connectivity index (χ2n) is 4.22. The molecule has 0 saturated carbocycles. The average Bonchev–Trinajstić information content (AvgIpc) is 2.47. The Bertz CT molecular complexity index is 458. The van der Waals surface area contributed by atoms with E-state index in [0.29, 0.717) is 18.9 Å². The van der Waals surface area contributed by atoms with E-state index in [-0.39, 0.29) is 12.5 Å². The minimum absolute atomic E-state index is 0.252. The fourth-order valence-corrected chi connectivity index (χ4v) is 1.54. The Labute approximate surface area is 124 Å². The molecular weight excluding hydrogens is 274 g/mol. The van der Waals surface area contributed by atoms with E-state index in [1.54, 1.807) is 31.2 Å².